The molecule has 1 aliphatic rings. The molecular formula is C15H20N2O2. The molecule has 0 unspecified atom stereocenters. The van der Waals surface area contributed by atoms with Gasteiger partial charge in [0, 0.05) is 5.56 Å². The van der Waals surface area contributed by atoms with E-state index in [4.69, 9.17) is 5.41 Å². The number of rotatable bonds is 4. The lowest BCUT2D eigenvalue weighted by molar-refractivity contribution is 0.278. The van der Waals surface area contributed by atoms with Crippen molar-refractivity contribution in [3.63, 3.8) is 0 Å². The van der Waals surface area contributed by atoms with Crippen molar-refractivity contribution in [2.24, 2.45) is 0 Å². The fourth-order valence-corrected chi connectivity index (χ4v) is 2.43. The molecule has 0 atom stereocenters. The summed E-state index contributed by atoms with van der Waals surface area (Å²) in [7, 11) is 0. The van der Waals surface area contributed by atoms with E-state index in [0.717, 1.165) is 30.4 Å². The van der Waals surface area contributed by atoms with Crippen molar-refractivity contribution in [2.45, 2.75) is 46.3 Å². The zero-order chi connectivity index (χ0) is 14.0. The molecule has 0 aliphatic carbocycles. The van der Waals surface area contributed by atoms with Crippen LogP contribution < -0.4 is 5.56 Å². The van der Waals surface area contributed by atoms with Gasteiger partial charge in [-0.1, -0.05) is 25.8 Å². The van der Waals surface area contributed by atoms with Gasteiger partial charge in [0.25, 0.3) is 5.56 Å². The van der Waals surface area contributed by atoms with Crippen LogP contribution in [-0.2, 0) is 13.2 Å². The van der Waals surface area contributed by atoms with Crippen molar-refractivity contribution >= 4 is 5.71 Å². The predicted molar refractivity (Wildman–Crippen MR) is 75.8 cm³/mol. The first-order valence-corrected chi connectivity index (χ1v) is 6.72. The molecule has 0 radical (unpaired) electrons. The average Bonchev–Trinajstić information content (AvgIpc) is 2.69. The fraction of sp³-hybridized carbons (Fsp3) is 0.467. The van der Waals surface area contributed by atoms with Crippen molar-refractivity contribution in [1.29, 1.82) is 5.41 Å². The molecule has 0 fully saturated rings. The first-order valence-electron chi connectivity index (χ1n) is 6.72. The highest BCUT2D eigenvalue weighted by atomic mass is 16.3. The first kappa shape index (κ1) is 13.7. The Morgan fingerprint density at radius 2 is 2.26 bits per heavy atom. The van der Waals surface area contributed by atoms with Crippen LogP contribution in [0.25, 0.3) is 0 Å². The molecule has 0 aromatic carbocycles. The monoisotopic (exact) mass is 260 g/mol. The van der Waals surface area contributed by atoms with Gasteiger partial charge in [-0.2, -0.15) is 0 Å². The van der Waals surface area contributed by atoms with Crippen molar-refractivity contribution in [3.05, 3.63) is 44.9 Å². The number of aliphatic hydroxyl groups is 1. The van der Waals surface area contributed by atoms with E-state index in [9.17, 15) is 9.90 Å². The van der Waals surface area contributed by atoms with Crippen LogP contribution in [0.1, 0.15) is 43.0 Å². The number of unbranched alkanes of at least 4 members (excludes halogenated alkanes) is 2. The average molecular weight is 260 g/mol. The Morgan fingerprint density at radius 1 is 1.53 bits per heavy atom. The standard InChI is InChI=1S/C15H20N2O2/c1-3-4-5-6-11-8-17-13(14(11)16)7-10(2)12(9-18)15(17)19/h6-7,16,18H,3-5,8-9H2,1-2H3/b11-6+,16-14?. The van der Waals surface area contributed by atoms with Gasteiger partial charge in [0.1, 0.15) is 0 Å². The lowest BCUT2D eigenvalue weighted by Gasteiger charge is -2.07. The zero-order valence-electron chi connectivity index (χ0n) is 11.5. The van der Waals surface area contributed by atoms with Gasteiger partial charge in [0.15, 0.2) is 0 Å². The second-order valence-corrected chi connectivity index (χ2v) is 4.99. The quantitative estimate of drug-likeness (QED) is 0.815. The molecule has 0 saturated carbocycles. The second-order valence-electron chi connectivity index (χ2n) is 4.99. The number of nitrogens with one attached hydrogen (secondary N) is 1. The third kappa shape index (κ3) is 2.40. The Bertz CT molecular complexity index is 597. The molecule has 2 heterocycles. The summed E-state index contributed by atoms with van der Waals surface area (Å²) in [4.78, 5) is 12.2. The number of pyridine rings is 1. The van der Waals surface area contributed by atoms with E-state index in [1.165, 1.54) is 0 Å². The molecule has 19 heavy (non-hydrogen) atoms. The minimum atomic E-state index is -0.243. The van der Waals surface area contributed by atoms with Gasteiger partial charge < -0.3 is 9.67 Å². The molecule has 102 valence electrons. The number of aryl methyl sites for hydroxylation is 1. The topological polar surface area (TPSA) is 66.1 Å². The predicted octanol–water partition coefficient (Wildman–Crippen LogP) is 2.15. The lowest BCUT2D eigenvalue weighted by Crippen LogP contribution is -2.25. The zero-order valence-corrected chi connectivity index (χ0v) is 11.5. The molecule has 0 saturated heterocycles. The molecule has 2 rings (SSSR count). The molecule has 2 N–H and O–H groups in total. The summed E-state index contributed by atoms with van der Waals surface area (Å²) < 4.78 is 1.60. The minimum absolute atomic E-state index is 0.166. The molecule has 4 heteroatoms. The maximum Gasteiger partial charge on any atom is 0.257 e. The Kier molecular flexibility index (Phi) is 4.00. The maximum absolute atomic E-state index is 12.2. The summed E-state index contributed by atoms with van der Waals surface area (Å²) in [5, 5.41) is 17.4. The van der Waals surface area contributed by atoms with E-state index in [1.807, 2.05) is 6.07 Å². The minimum Gasteiger partial charge on any atom is -0.391 e. The number of allylic oxidation sites excluding steroid dienone is 2. The van der Waals surface area contributed by atoms with Crippen LogP contribution in [0.5, 0.6) is 0 Å². The summed E-state index contributed by atoms with van der Waals surface area (Å²) in [6, 6.07) is 1.83. The smallest absolute Gasteiger partial charge is 0.257 e. The summed E-state index contributed by atoms with van der Waals surface area (Å²) in [5.74, 6) is 0. The van der Waals surface area contributed by atoms with E-state index in [1.54, 1.807) is 11.5 Å². The largest absolute Gasteiger partial charge is 0.391 e. The van der Waals surface area contributed by atoms with Gasteiger partial charge in [-0.15, -0.1) is 0 Å². The number of aliphatic hydroxyl groups excluding tert-OH is 1. The van der Waals surface area contributed by atoms with Gasteiger partial charge in [-0.25, -0.2) is 0 Å². The fourth-order valence-electron chi connectivity index (χ4n) is 2.43. The van der Waals surface area contributed by atoms with Crippen molar-refractivity contribution in [1.82, 2.24) is 4.57 Å². The second kappa shape index (κ2) is 5.53. The van der Waals surface area contributed by atoms with Crippen molar-refractivity contribution in [3.8, 4) is 0 Å². The normalized spacial score (nSPS) is 16.2. The van der Waals surface area contributed by atoms with Crippen molar-refractivity contribution in [2.75, 3.05) is 0 Å². The van der Waals surface area contributed by atoms with Crippen LogP contribution >= 0.6 is 0 Å². The number of hydrogen-bond donors (Lipinski definition) is 2. The van der Waals surface area contributed by atoms with E-state index >= 15 is 0 Å². The third-order valence-electron chi connectivity index (χ3n) is 3.64. The number of aromatic nitrogens is 1. The highest BCUT2D eigenvalue weighted by Gasteiger charge is 2.24. The Morgan fingerprint density at radius 3 is 2.89 bits per heavy atom. The van der Waals surface area contributed by atoms with E-state index in [0.29, 0.717) is 23.5 Å². The van der Waals surface area contributed by atoms with E-state index in [-0.39, 0.29) is 12.2 Å². The van der Waals surface area contributed by atoms with E-state index in [2.05, 4.69) is 13.0 Å². The molecule has 1 aliphatic heterocycles. The van der Waals surface area contributed by atoms with Crippen LogP contribution in [0.3, 0.4) is 0 Å². The summed E-state index contributed by atoms with van der Waals surface area (Å²) >= 11 is 0. The van der Waals surface area contributed by atoms with Gasteiger partial charge in [-0.05, 0) is 30.5 Å². The molecule has 1 aromatic heterocycles. The molecule has 0 amide bonds. The summed E-state index contributed by atoms with van der Waals surface area (Å²) in [6.45, 7) is 4.16. The van der Waals surface area contributed by atoms with Crippen LogP contribution in [-0.4, -0.2) is 15.4 Å². The highest BCUT2D eigenvalue weighted by molar-refractivity contribution is 6.11. The van der Waals surface area contributed by atoms with Crippen LogP contribution in [0.4, 0.5) is 0 Å². The lowest BCUT2D eigenvalue weighted by atomic mass is 10.1. The number of hydrogen-bond acceptors (Lipinski definition) is 3. The van der Waals surface area contributed by atoms with E-state index < -0.39 is 0 Å². The Labute approximate surface area is 112 Å². The van der Waals surface area contributed by atoms with Crippen molar-refractivity contribution < 1.29 is 5.11 Å². The molecule has 0 spiro atoms. The van der Waals surface area contributed by atoms with Gasteiger partial charge in [0.05, 0.1) is 24.6 Å². The summed E-state index contributed by atoms with van der Waals surface area (Å²) in [5.41, 5.74) is 3.06. The Hall–Kier alpha value is -1.68. The van der Waals surface area contributed by atoms with Crippen LogP contribution in [0.15, 0.2) is 22.5 Å². The molecule has 1 aromatic rings. The molecule has 4 nitrogen and oxygen atoms in total. The summed E-state index contributed by atoms with van der Waals surface area (Å²) in [6.07, 6.45) is 5.23. The van der Waals surface area contributed by atoms with Gasteiger partial charge >= 0.3 is 0 Å². The third-order valence-corrected chi connectivity index (χ3v) is 3.64. The van der Waals surface area contributed by atoms with Crippen LogP contribution in [0.2, 0.25) is 0 Å². The SMILES string of the molecule is CCCC/C=C1\Cn2c(cc(C)c(CO)c2=O)C1=N. The van der Waals surface area contributed by atoms with Gasteiger partial charge in [-0.3, -0.25) is 10.2 Å². The van der Waals surface area contributed by atoms with Crippen LogP contribution in [0, 0.1) is 12.3 Å². The Balaban J connectivity index is 2.41. The molecular weight excluding hydrogens is 240 g/mol. The number of fused-ring (bicyclic) bond motifs is 1. The number of nitrogens with zero attached hydrogens (tertiary/aromatic N) is 1. The molecule has 0 bridgehead atoms. The first-order chi connectivity index (χ1) is 9.10. The van der Waals surface area contributed by atoms with Gasteiger partial charge in [0.2, 0.25) is 0 Å². The highest BCUT2D eigenvalue weighted by Crippen LogP contribution is 2.21. The maximum atomic E-state index is 12.2.